The summed E-state index contributed by atoms with van der Waals surface area (Å²) in [6.45, 7) is 13.8. The molecule has 4 aliphatic rings. The van der Waals surface area contributed by atoms with E-state index in [2.05, 4.69) is 108 Å². The van der Waals surface area contributed by atoms with Gasteiger partial charge >= 0.3 is 0 Å². The summed E-state index contributed by atoms with van der Waals surface area (Å²) in [4.78, 5) is 57.3. The third kappa shape index (κ3) is 12.6. The molecule has 60 heavy (non-hydrogen) atoms. The van der Waals surface area contributed by atoms with Crippen LogP contribution in [0.1, 0.15) is 47.9 Å². The average Bonchev–Trinajstić information content (AvgIpc) is 3.26. The van der Waals surface area contributed by atoms with Crippen molar-refractivity contribution in [3.63, 3.8) is 0 Å². The van der Waals surface area contributed by atoms with Crippen LogP contribution in [0.2, 0.25) is 0 Å². The Kier molecular flexibility index (Phi) is 16.1. The molecule has 0 aliphatic carbocycles. The Morgan fingerprint density at radius 1 is 0.583 bits per heavy atom. The summed E-state index contributed by atoms with van der Waals surface area (Å²) in [5, 5.41) is 0. The summed E-state index contributed by atoms with van der Waals surface area (Å²) in [6.07, 6.45) is 6.77. The van der Waals surface area contributed by atoms with Crippen LogP contribution in [-0.4, -0.2) is 130 Å². The average molecular weight is 949 g/mol. The zero-order chi connectivity index (χ0) is 41.8. The molecule has 2 aromatic carbocycles. The summed E-state index contributed by atoms with van der Waals surface area (Å²) in [7, 11) is 0. The van der Waals surface area contributed by atoms with E-state index in [4.69, 9.17) is 0 Å². The Labute approximate surface area is 370 Å². The van der Waals surface area contributed by atoms with Crippen molar-refractivity contribution < 1.29 is 14.0 Å². The van der Waals surface area contributed by atoms with Gasteiger partial charge in [0.15, 0.2) is 0 Å². The number of aromatic amines is 1. The van der Waals surface area contributed by atoms with E-state index in [1.54, 1.807) is 12.3 Å². The number of halogens is 3. The van der Waals surface area contributed by atoms with Gasteiger partial charge in [0.05, 0.1) is 0 Å². The van der Waals surface area contributed by atoms with Gasteiger partial charge in [-0.05, 0) is 104 Å². The number of hydrogen-bond acceptors (Lipinski definition) is 8. The van der Waals surface area contributed by atoms with Gasteiger partial charge in [0.2, 0.25) is 23.3 Å². The molecule has 6 heterocycles. The summed E-state index contributed by atoms with van der Waals surface area (Å²) in [5.41, 5.74) is 4.50. The predicted molar refractivity (Wildman–Crippen MR) is 239 cm³/mol. The maximum absolute atomic E-state index is 13.3. The van der Waals surface area contributed by atoms with E-state index < -0.39 is 5.95 Å². The Bertz CT molecular complexity index is 2070. The second-order valence-electron chi connectivity index (χ2n) is 16.5. The molecule has 11 nitrogen and oxygen atoms in total. The fourth-order valence-electron chi connectivity index (χ4n) is 8.82. The molecule has 0 atom stereocenters. The lowest BCUT2D eigenvalue weighted by molar-refractivity contribution is -0.139. The normalized spacial score (nSPS) is 19.2. The van der Waals surface area contributed by atoms with Crippen LogP contribution in [-0.2, 0) is 35.8 Å². The highest BCUT2D eigenvalue weighted by atomic mass is 79.9. The summed E-state index contributed by atoms with van der Waals surface area (Å²) in [6, 6.07) is 23.6. The quantitative estimate of drug-likeness (QED) is 0.187. The number of amides is 2. The van der Waals surface area contributed by atoms with Crippen molar-refractivity contribution in [2.45, 2.75) is 51.9 Å². The highest BCUT2D eigenvalue weighted by molar-refractivity contribution is 9.10. The maximum Gasteiger partial charge on any atom is 0.248 e. The Morgan fingerprint density at radius 2 is 1.02 bits per heavy atom. The number of pyridine rings is 2. The van der Waals surface area contributed by atoms with Gasteiger partial charge in [0.25, 0.3) is 0 Å². The molecule has 4 saturated heterocycles. The zero-order valence-corrected chi connectivity index (χ0v) is 37.5. The van der Waals surface area contributed by atoms with Crippen LogP contribution in [0.4, 0.5) is 4.39 Å². The largest absolute Gasteiger partial charge is 0.340 e. The standard InChI is InChI=1S/C23H28BrFN4O.C23H29BrN4O2/c24-21-4-2-1-3-20(21)17-28-11-13-29(14-12-28)23(30)19-6-9-27(10-7-19)16-18-5-8-26-22(25)15-18;24-21-4-2-1-3-20(21)17-27-11-13-28(14-12-27)23(30)19-6-9-26(10-7-19)16-18-5-8-25-22(29)15-18/h1-5,8,15,19H,6-7,9-14,16-17H2;1-5,8,15,19H,6-7,9-14,16-17H2,(H,25,29). The van der Waals surface area contributed by atoms with Gasteiger partial charge in [-0.15, -0.1) is 0 Å². The highest BCUT2D eigenvalue weighted by Gasteiger charge is 2.32. The highest BCUT2D eigenvalue weighted by Crippen LogP contribution is 2.25. The Hall–Kier alpha value is -3.79. The van der Waals surface area contributed by atoms with Crippen LogP contribution in [0.25, 0.3) is 0 Å². The second-order valence-corrected chi connectivity index (χ2v) is 18.2. The van der Waals surface area contributed by atoms with Crippen LogP contribution in [0.15, 0.2) is 98.9 Å². The first-order valence-corrected chi connectivity index (χ1v) is 23.0. The van der Waals surface area contributed by atoms with Crippen LogP contribution in [0, 0.1) is 17.8 Å². The van der Waals surface area contributed by atoms with Gasteiger partial charge in [0, 0.05) is 118 Å². The number of carbonyl (C=O) groups excluding carboxylic acids is 2. The number of hydrogen-bond donors (Lipinski definition) is 1. The minimum atomic E-state index is -0.434. The molecule has 320 valence electrons. The number of nitrogens with zero attached hydrogens (tertiary/aromatic N) is 7. The van der Waals surface area contributed by atoms with Crippen molar-refractivity contribution in [3.05, 3.63) is 133 Å². The molecule has 1 N–H and O–H groups in total. The van der Waals surface area contributed by atoms with E-state index in [-0.39, 0.29) is 17.4 Å². The van der Waals surface area contributed by atoms with Crippen molar-refractivity contribution in [2.24, 2.45) is 11.8 Å². The number of piperidine rings is 2. The van der Waals surface area contributed by atoms with Crippen molar-refractivity contribution in [2.75, 3.05) is 78.5 Å². The fraction of sp³-hybridized carbons (Fsp3) is 0.478. The molecular weight excluding hydrogens is 891 g/mol. The predicted octanol–water partition coefficient (Wildman–Crippen LogP) is 6.23. The van der Waals surface area contributed by atoms with Gasteiger partial charge in [0.1, 0.15) is 0 Å². The molecule has 0 radical (unpaired) electrons. The molecule has 14 heteroatoms. The fourth-order valence-corrected chi connectivity index (χ4v) is 9.65. The zero-order valence-electron chi connectivity index (χ0n) is 34.4. The maximum atomic E-state index is 13.3. The Balaban J connectivity index is 0.000000181. The lowest BCUT2D eigenvalue weighted by Crippen LogP contribution is -2.51. The number of H-pyrrole nitrogens is 1. The topological polar surface area (TPSA) is 99.3 Å². The summed E-state index contributed by atoms with van der Waals surface area (Å²) >= 11 is 7.25. The number of nitrogens with one attached hydrogen (secondary N) is 1. The number of likely N-dealkylation sites (tertiary alicyclic amines) is 2. The smallest absolute Gasteiger partial charge is 0.248 e. The molecule has 8 rings (SSSR count). The first-order chi connectivity index (χ1) is 29.2. The lowest BCUT2D eigenvalue weighted by Gasteiger charge is -2.38. The summed E-state index contributed by atoms with van der Waals surface area (Å²) in [5.74, 6) is 0.452. The molecule has 4 fully saturated rings. The van der Waals surface area contributed by atoms with E-state index in [0.29, 0.717) is 18.4 Å². The number of piperazine rings is 2. The molecule has 0 bridgehead atoms. The SMILES string of the molecule is O=C(C1CCN(Cc2cc[nH]c(=O)c2)CC1)N1CCN(Cc2ccccc2Br)CC1.O=C(C1CCN(Cc2ccnc(F)c2)CC1)N1CCN(Cc2ccccc2Br)CC1. The van der Waals surface area contributed by atoms with Gasteiger partial charge in [-0.1, -0.05) is 68.3 Å². The second kappa shape index (κ2) is 21.8. The van der Waals surface area contributed by atoms with Crippen molar-refractivity contribution in [3.8, 4) is 0 Å². The van der Waals surface area contributed by atoms with E-state index >= 15 is 0 Å². The molecule has 4 aliphatic heterocycles. The minimum absolute atomic E-state index is 0.0590. The van der Waals surface area contributed by atoms with E-state index in [1.165, 1.54) is 23.4 Å². The molecule has 0 saturated carbocycles. The third-order valence-electron chi connectivity index (χ3n) is 12.4. The molecule has 4 aromatic rings. The van der Waals surface area contributed by atoms with Crippen LogP contribution in [0.3, 0.4) is 0 Å². The molecule has 2 amide bonds. The third-order valence-corrected chi connectivity index (χ3v) is 13.9. The monoisotopic (exact) mass is 946 g/mol. The van der Waals surface area contributed by atoms with Crippen molar-refractivity contribution in [1.29, 1.82) is 0 Å². The van der Waals surface area contributed by atoms with E-state index in [0.717, 1.165) is 144 Å². The number of aromatic nitrogens is 2. The van der Waals surface area contributed by atoms with Crippen LogP contribution < -0.4 is 5.56 Å². The van der Waals surface area contributed by atoms with E-state index in [9.17, 15) is 18.8 Å². The molecule has 2 aromatic heterocycles. The van der Waals surface area contributed by atoms with Gasteiger partial charge in [-0.2, -0.15) is 4.39 Å². The van der Waals surface area contributed by atoms with Gasteiger partial charge in [-0.25, -0.2) is 4.98 Å². The van der Waals surface area contributed by atoms with Crippen molar-refractivity contribution >= 4 is 43.7 Å². The van der Waals surface area contributed by atoms with Gasteiger partial charge < -0.3 is 14.8 Å². The van der Waals surface area contributed by atoms with E-state index in [1.807, 2.05) is 24.3 Å². The van der Waals surface area contributed by atoms with Crippen LogP contribution in [0.5, 0.6) is 0 Å². The lowest BCUT2D eigenvalue weighted by atomic mass is 9.94. The Morgan fingerprint density at radius 3 is 1.45 bits per heavy atom. The first-order valence-electron chi connectivity index (χ1n) is 21.4. The summed E-state index contributed by atoms with van der Waals surface area (Å²) < 4.78 is 15.6. The van der Waals surface area contributed by atoms with Crippen molar-refractivity contribution in [1.82, 2.24) is 39.4 Å². The number of benzene rings is 2. The van der Waals surface area contributed by atoms with Gasteiger partial charge in [-0.3, -0.25) is 34.0 Å². The number of rotatable bonds is 10. The molecular formula is C46H57Br2FN8O3. The minimum Gasteiger partial charge on any atom is -0.340 e. The number of carbonyl (C=O) groups is 2. The molecule has 0 spiro atoms. The first kappa shape index (κ1) is 44.3. The molecule has 0 unspecified atom stereocenters. The van der Waals surface area contributed by atoms with Crippen LogP contribution >= 0.6 is 31.9 Å².